The summed E-state index contributed by atoms with van der Waals surface area (Å²) in [5, 5.41) is 15.7. The average Bonchev–Trinajstić information content (AvgIpc) is 3.14. The van der Waals surface area contributed by atoms with Crippen LogP contribution in [0.4, 0.5) is 11.4 Å². The van der Waals surface area contributed by atoms with Crippen LogP contribution in [-0.2, 0) is 0 Å². The number of rotatable bonds is 5. The largest absolute Gasteiger partial charge is 0.477 e. The lowest BCUT2D eigenvalue weighted by molar-refractivity contribution is 0.0691. The van der Waals surface area contributed by atoms with Crippen LogP contribution in [0.25, 0.3) is 16.7 Å². The Kier molecular flexibility index (Phi) is 5.60. The lowest BCUT2D eigenvalue weighted by Gasteiger charge is -2.32. The number of carboxylic acid groups (broad SMARTS) is 1. The molecule has 2 aromatic heterocycles. The van der Waals surface area contributed by atoms with Gasteiger partial charge in [0.15, 0.2) is 11.3 Å². The molecule has 0 bridgehead atoms. The fourth-order valence-corrected chi connectivity index (χ4v) is 4.22. The van der Waals surface area contributed by atoms with Gasteiger partial charge >= 0.3 is 5.97 Å². The number of nitrogens with zero attached hydrogens (tertiary/aromatic N) is 5. The first-order valence-corrected chi connectivity index (χ1v) is 11.0. The van der Waals surface area contributed by atoms with Gasteiger partial charge in [0.1, 0.15) is 0 Å². The maximum absolute atomic E-state index is 11.9. The Balaban J connectivity index is 1.98. The fourth-order valence-electron chi connectivity index (χ4n) is 4.22. The summed E-state index contributed by atoms with van der Waals surface area (Å²) in [5.74, 6) is -0.149. The lowest BCUT2D eigenvalue weighted by Crippen LogP contribution is -2.33. The van der Waals surface area contributed by atoms with Crippen LogP contribution < -0.4 is 9.80 Å². The van der Waals surface area contributed by atoms with Gasteiger partial charge in [-0.15, -0.1) is 0 Å². The normalized spacial score (nSPS) is 15.1. The molecular weight excluding hydrogens is 390 g/mol. The highest BCUT2D eigenvalue weighted by atomic mass is 16.4. The van der Waals surface area contributed by atoms with Crippen molar-refractivity contribution in [1.82, 2.24) is 14.8 Å². The van der Waals surface area contributed by atoms with Crippen molar-refractivity contribution in [3.8, 4) is 5.69 Å². The van der Waals surface area contributed by atoms with Crippen molar-refractivity contribution >= 4 is 28.4 Å². The number of benzene rings is 1. The first-order chi connectivity index (χ1) is 14.8. The van der Waals surface area contributed by atoms with Crippen LogP contribution in [0.5, 0.6) is 0 Å². The Bertz CT molecular complexity index is 1110. The molecule has 0 atom stereocenters. The molecule has 7 nitrogen and oxygen atoms in total. The van der Waals surface area contributed by atoms with Crippen LogP contribution in [-0.4, -0.2) is 53.0 Å². The maximum Gasteiger partial charge on any atom is 0.354 e. The van der Waals surface area contributed by atoms with Crippen molar-refractivity contribution in [2.24, 2.45) is 5.92 Å². The van der Waals surface area contributed by atoms with E-state index in [0.717, 1.165) is 54.1 Å². The van der Waals surface area contributed by atoms with E-state index in [2.05, 4.69) is 30.7 Å². The molecule has 3 heterocycles. The lowest BCUT2D eigenvalue weighted by atomic mass is 9.97. The molecule has 164 valence electrons. The zero-order valence-corrected chi connectivity index (χ0v) is 19.0. The van der Waals surface area contributed by atoms with Crippen molar-refractivity contribution in [3.63, 3.8) is 0 Å². The van der Waals surface area contributed by atoms with E-state index < -0.39 is 5.97 Å². The van der Waals surface area contributed by atoms with Crippen LogP contribution in [0.3, 0.4) is 0 Å². The van der Waals surface area contributed by atoms with Crippen LogP contribution in [0.1, 0.15) is 55.7 Å². The number of piperidine rings is 1. The van der Waals surface area contributed by atoms with Crippen LogP contribution in [0.15, 0.2) is 30.3 Å². The van der Waals surface area contributed by atoms with Crippen LogP contribution in [0.2, 0.25) is 0 Å². The Morgan fingerprint density at radius 2 is 1.90 bits per heavy atom. The SMILES string of the molecule is CC1CCN(c2cc(C(=O)O)nc3c2c(C(C)C)nn3-c2cccc(N(C)C)c2)CC1. The Morgan fingerprint density at radius 3 is 2.52 bits per heavy atom. The molecule has 31 heavy (non-hydrogen) atoms. The Labute approximate surface area is 183 Å². The summed E-state index contributed by atoms with van der Waals surface area (Å²) < 4.78 is 1.81. The van der Waals surface area contributed by atoms with E-state index >= 15 is 0 Å². The Morgan fingerprint density at radius 1 is 1.19 bits per heavy atom. The molecular formula is C24H31N5O2. The van der Waals surface area contributed by atoms with Gasteiger partial charge in [-0.3, -0.25) is 0 Å². The Hall–Kier alpha value is -3.09. The minimum absolute atomic E-state index is 0.0568. The smallest absolute Gasteiger partial charge is 0.354 e. The second kappa shape index (κ2) is 8.21. The number of fused-ring (bicyclic) bond motifs is 1. The van der Waals surface area contributed by atoms with Crippen molar-refractivity contribution in [2.45, 2.75) is 39.5 Å². The van der Waals surface area contributed by atoms with Gasteiger partial charge in [0.25, 0.3) is 0 Å². The molecule has 7 heteroatoms. The second-order valence-corrected chi connectivity index (χ2v) is 9.07. The van der Waals surface area contributed by atoms with Crippen molar-refractivity contribution in [3.05, 3.63) is 41.7 Å². The van der Waals surface area contributed by atoms with Crippen LogP contribution in [0, 0.1) is 5.92 Å². The van der Waals surface area contributed by atoms with Crippen molar-refractivity contribution < 1.29 is 9.90 Å². The molecule has 0 amide bonds. The van der Waals surface area contributed by atoms with E-state index in [9.17, 15) is 9.90 Å². The summed E-state index contributed by atoms with van der Waals surface area (Å²) in [4.78, 5) is 20.9. The molecule has 1 aliphatic heterocycles. The highest BCUT2D eigenvalue weighted by molar-refractivity contribution is 5.98. The van der Waals surface area contributed by atoms with E-state index in [1.54, 1.807) is 10.7 Å². The maximum atomic E-state index is 11.9. The molecule has 0 unspecified atom stereocenters. The van der Waals surface area contributed by atoms with Crippen LogP contribution >= 0.6 is 0 Å². The summed E-state index contributed by atoms with van der Waals surface area (Å²) in [5.41, 5.74) is 4.47. The highest BCUT2D eigenvalue weighted by Crippen LogP contribution is 2.36. The molecule has 0 spiro atoms. The quantitative estimate of drug-likeness (QED) is 0.652. The predicted octanol–water partition coefficient (Wildman–Crippen LogP) is 4.54. The predicted molar refractivity (Wildman–Crippen MR) is 125 cm³/mol. The molecule has 1 N–H and O–H groups in total. The number of pyridine rings is 1. The van der Waals surface area contributed by atoms with Gasteiger partial charge in [-0.25, -0.2) is 14.5 Å². The van der Waals surface area contributed by atoms with Gasteiger partial charge in [-0.2, -0.15) is 5.10 Å². The zero-order chi connectivity index (χ0) is 22.3. The number of hydrogen-bond donors (Lipinski definition) is 1. The van der Waals surface area contributed by atoms with Gasteiger partial charge in [0.05, 0.1) is 22.5 Å². The average molecular weight is 422 g/mol. The third kappa shape index (κ3) is 3.96. The van der Waals surface area contributed by atoms with Crippen molar-refractivity contribution in [1.29, 1.82) is 0 Å². The van der Waals surface area contributed by atoms with Gasteiger partial charge in [0, 0.05) is 32.9 Å². The van der Waals surface area contributed by atoms with Gasteiger partial charge < -0.3 is 14.9 Å². The minimum Gasteiger partial charge on any atom is -0.477 e. The molecule has 1 saturated heterocycles. The van der Waals surface area contributed by atoms with Gasteiger partial charge in [0.2, 0.25) is 0 Å². The number of aromatic nitrogens is 3. The number of anilines is 2. The number of carboxylic acids is 1. The number of aromatic carboxylic acids is 1. The summed E-state index contributed by atoms with van der Waals surface area (Å²) >= 11 is 0. The molecule has 0 aliphatic carbocycles. The molecule has 4 rings (SSSR count). The molecule has 0 radical (unpaired) electrons. The highest BCUT2D eigenvalue weighted by Gasteiger charge is 2.26. The first kappa shape index (κ1) is 21.2. The molecule has 3 aromatic rings. The standard InChI is InChI=1S/C24H31N5O2/c1-15(2)22-21-20(28-11-9-16(3)10-12-28)14-19(24(30)31)25-23(21)29(26-22)18-8-6-7-17(13-18)27(4)5/h6-8,13-16H,9-12H2,1-5H3,(H,30,31). The number of hydrogen-bond acceptors (Lipinski definition) is 5. The molecule has 1 aliphatic rings. The van der Waals surface area contributed by atoms with E-state index in [4.69, 9.17) is 5.10 Å². The van der Waals surface area contributed by atoms with E-state index in [1.807, 2.05) is 43.3 Å². The molecule has 1 aromatic carbocycles. The summed E-state index contributed by atoms with van der Waals surface area (Å²) in [7, 11) is 3.99. The third-order valence-corrected chi connectivity index (χ3v) is 6.13. The van der Waals surface area contributed by atoms with Gasteiger partial charge in [-0.05, 0) is 48.9 Å². The fraction of sp³-hybridized carbons (Fsp3) is 0.458. The second-order valence-electron chi connectivity index (χ2n) is 9.07. The zero-order valence-electron chi connectivity index (χ0n) is 19.0. The minimum atomic E-state index is -1.02. The number of carbonyl (C=O) groups is 1. The first-order valence-electron chi connectivity index (χ1n) is 11.0. The van der Waals surface area contributed by atoms with E-state index in [0.29, 0.717) is 11.6 Å². The monoisotopic (exact) mass is 421 g/mol. The van der Waals surface area contributed by atoms with Crippen molar-refractivity contribution in [2.75, 3.05) is 37.0 Å². The summed E-state index contributed by atoms with van der Waals surface area (Å²) in [6.07, 6.45) is 2.20. The topological polar surface area (TPSA) is 74.5 Å². The third-order valence-electron chi connectivity index (χ3n) is 6.13. The molecule has 0 saturated carbocycles. The summed E-state index contributed by atoms with van der Waals surface area (Å²) in [6, 6.07) is 9.79. The summed E-state index contributed by atoms with van der Waals surface area (Å²) in [6.45, 7) is 8.35. The van der Waals surface area contributed by atoms with Gasteiger partial charge in [-0.1, -0.05) is 26.8 Å². The van der Waals surface area contributed by atoms with E-state index in [-0.39, 0.29) is 11.6 Å². The molecule has 1 fully saturated rings. The van der Waals surface area contributed by atoms with E-state index in [1.165, 1.54) is 0 Å².